The average molecular weight is 259 g/mol. The number of nitrogens with zero attached hydrogens (tertiary/aromatic N) is 3. The highest BCUT2D eigenvalue weighted by molar-refractivity contribution is 5.99. The molecule has 0 amide bonds. The number of amidine groups is 1. The summed E-state index contributed by atoms with van der Waals surface area (Å²) in [5.74, 6) is -1.31. The van der Waals surface area contributed by atoms with E-state index >= 15 is 0 Å². The molecule has 1 aliphatic heterocycles. The van der Waals surface area contributed by atoms with Crippen LogP contribution in [0.15, 0.2) is 12.5 Å². The van der Waals surface area contributed by atoms with E-state index < -0.39 is 12.1 Å². The van der Waals surface area contributed by atoms with Crippen molar-refractivity contribution >= 4 is 11.7 Å². The number of nitrogens with one attached hydrogen (secondary N) is 1. The van der Waals surface area contributed by atoms with Gasteiger partial charge in [0.1, 0.15) is 18.0 Å². The minimum absolute atomic E-state index is 0.0326. The molecule has 98 valence electrons. The molecule has 0 spiro atoms. The third-order valence-electron chi connectivity index (χ3n) is 2.93. The Morgan fingerprint density at radius 2 is 2.22 bits per heavy atom. The molecule has 2 rings (SSSR count). The number of nitrogens with two attached hydrogens (primary N) is 1. The van der Waals surface area contributed by atoms with Crippen LogP contribution in [0.5, 0.6) is 0 Å². The number of hydrogen-bond donors (Lipinski definition) is 2. The Morgan fingerprint density at radius 1 is 1.50 bits per heavy atom. The zero-order valence-corrected chi connectivity index (χ0v) is 9.41. The van der Waals surface area contributed by atoms with Crippen molar-refractivity contribution in [3.05, 3.63) is 18.1 Å². The topological polar surface area (TPSA) is 78.9 Å². The van der Waals surface area contributed by atoms with Crippen LogP contribution in [0.3, 0.4) is 0 Å². The van der Waals surface area contributed by atoms with Crippen LogP contribution in [-0.2, 0) is 0 Å². The second-order valence-electron chi connectivity index (χ2n) is 4.15. The quantitative estimate of drug-likeness (QED) is 0.617. The van der Waals surface area contributed by atoms with Crippen LogP contribution in [0.2, 0.25) is 0 Å². The maximum absolute atomic E-state index is 12.6. The Hall–Kier alpha value is -1.86. The minimum Gasteiger partial charge on any atom is -0.384 e. The number of rotatable bonds is 2. The fourth-order valence-electron chi connectivity index (χ4n) is 1.98. The second-order valence-corrected chi connectivity index (χ2v) is 4.15. The normalized spacial score (nSPS) is 20.2. The van der Waals surface area contributed by atoms with Crippen molar-refractivity contribution in [2.75, 3.05) is 18.0 Å². The van der Waals surface area contributed by atoms with Gasteiger partial charge in [0.2, 0.25) is 0 Å². The van der Waals surface area contributed by atoms with E-state index in [0.29, 0.717) is 5.82 Å². The lowest BCUT2D eigenvalue weighted by Crippen LogP contribution is -2.29. The molecule has 1 aliphatic rings. The Balaban J connectivity index is 2.22. The third-order valence-corrected chi connectivity index (χ3v) is 2.93. The molecule has 1 atom stereocenters. The molecule has 0 aromatic carbocycles. The number of nitrogen functional groups attached to an aromatic ring is 1. The fourth-order valence-corrected chi connectivity index (χ4v) is 1.98. The first-order chi connectivity index (χ1) is 8.39. The number of alkyl halides is 3. The van der Waals surface area contributed by atoms with E-state index in [4.69, 9.17) is 11.1 Å². The van der Waals surface area contributed by atoms with E-state index in [2.05, 4.69) is 9.97 Å². The second kappa shape index (κ2) is 4.43. The van der Waals surface area contributed by atoms with Crippen LogP contribution in [0, 0.1) is 11.3 Å². The maximum Gasteiger partial charge on any atom is 0.393 e. The molecule has 18 heavy (non-hydrogen) atoms. The zero-order chi connectivity index (χ0) is 13.3. The molecule has 1 aromatic rings. The molecular weight excluding hydrogens is 247 g/mol. The summed E-state index contributed by atoms with van der Waals surface area (Å²) in [4.78, 5) is 9.15. The fraction of sp³-hybridized carbons (Fsp3) is 0.500. The Bertz CT molecular complexity index is 459. The predicted octanol–water partition coefficient (Wildman–Crippen LogP) is 1.15. The largest absolute Gasteiger partial charge is 0.393 e. The predicted molar refractivity (Wildman–Crippen MR) is 59.4 cm³/mol. The van der Waals surface area contributed by atoms with Crippen molar-refractivity contribution in [1.82, 2.24) is 9.97 Å². The molecule has 5 nitrogen and oxygen atoms in total. The van der Waals surface area contributed by atoms with Gasteiger partial charge in [-0.15, -0.1) is 0 Å². The van der Waals surface area contributed by atoms with Gasteiger partial charge in [0.05, 0.1) is 11.5 Å². The van der Waals surface area contributed by atoms with Crippen LogP contribution in [-0.4, -0.2) is 35.1 Å². The van der Waals surface area contributed by atoms with Gasteiger partial charge in [-0.1, -0.05) is 0 Å². The number of aromatic nitrogens is 2. The minimum atomic E-state index is -4.20. The van der Waals surface area contributed by atoms with Gasteiger partial charge in [0.15, 0.2) is 0 Å². The highest BCUT2D eigenvalue weighted by Gasteiger charge is 2.44. The molecule has 0 radical (unpaired) electrons. The van der Waals surface area contributed by atoms with Crippen molar-refractivity contribution in [1.29, 1.82) is 5.41 Å². The van der Waals surface area contributed by atoms with Gasteiger partial charge in [-0.05, 0) is 6.42 Å². The van der Waals surface area contributed by atoms with Gasteiger partial charge in [-0.2, -0.15) is 13.2 Å². The van der Waals surface area contributed by atoms with Crippen LogP contribution in [0.1, 0.15) is 12.0 Å². The van der Waals surface area contributed by atoms with E-state index in [1.807, 2.05) is 0 Å². The van der Waals surface area contributed by atoms with E-state index in [-0.39, 0.29) is 30.9 Å². The molecular formula is C10H12F3N5. The van der Waals surface area contributed by atoms with Gasteiger partial charge in [0.25, 0.3) is 0 Å². The first-order valence-corrected chi connectivity index (χ1v) is 5.35. The summed E-state index contributed by atoms with van der Waals surface area (Å²) in [7, 11) is 0. The number of anilines is 1. The SMILES string of the molecule is N=C(N)c1cncnc1N1CCC(C(F)(F)F)C1. The summed E-state index contributed by atoms with van der Waals surface area (Å²) in [6.45, 7) is 0.0995. The summed E-state index contributed by atoms with van der Waals surface area (Å²) in [5.41, 5.74) is 5.62. The standard InChI is InChI=1S/C10H12F3N5/c11-10(12,13)6-1-2-18(4-6)9-7(8(14)15)3-16-5-17-9/h3,5-6H,1-2,4H2,(H3,14,15). The average Bonchev–Trinajstić information content (AvgIpc) is 2.77. The smallest absolute Gasteiger partial charge is 0.384 e. The molecule has 1 saturated heterocycles. The Labute approximate surface area is 101 Å². The zero-order valence-electron chi connectivity index (χ0n) is 9.41. The molecule has 8 heteroatoms. The van der Waals surface area contributed by atoms with Crippen molar-refractivity contribution < 1.29 is 13.2 Å². The van der Waals surface area contributed by atoms with Gasteiger partial charge in [-0.25, -0.2) is 9.97 Å². The molecule has 0 aliphatic carbocycles. The van der Waals surface area contributed by atoms with Crippen molar-refractivity contribution in [2.24, 2.45) is 11.7 Å². The Kier molecular flexibility index (Phi) is 3.10. The molecule has 0 saturated carbocycles. The van der Waals surface area contributed by atoms with Crippen LogP contribution >= 0.6 is 0 Å². The van der Waals surface area contributed by atoms with Gasteiger partial charge < -0.3 is 10.6 Å². The number of hydrogen-bond acceptors (Lipinski definition) is 4. The summed E-state index contributed by atoms with van der Waals surface area (Å²) < 4.78 is 37.7. The summed E-state index contributed by atoms with van der Waals surface area (Å²) in [5, 5.41) is 7.36. The maximum atomic E-state index is 12.6. The van der Waals surface area contributed by atoms with Crippen molar-refractivity contribution in [3.8, 4) is 0 Å². The lowest BCUT2D eigenvalue weighted by Gasteiger charge is -2.20. The molecule has 1 fully saturated rings. The van der Waals surface area contributed by atoms with E-state index in [0.717, 1.165) is 0 Å². The highest BCUT2D eigenvalue weighted by atomic mass is 19.4. The molecule has 0 bridgehead atoms. The van der Waals surface area contributed by atoms with Crippen LogP contribution in [0.4, 0.5) is 19.0 Å². The van der Waals surface area contributed by atoms with E-state index in [9.17, 15) is 13.2 Å². The summed E-state index contributed by atoms with van der Waals surface area (Å²) >= 11 is 0. The first kappa shape index (κ1) is 12.6. The highest BCUT2D eigenvalue weighted by Crippen LogP contribution is 2.35. The molecule has 3 N–H and O–H groups in total. The lowest BCUT2D eigenvalue weighted by molar-refractivity contribution is -0.168. The molecule has 1 unspecified atom stereocenters. The first-order valence-electron chi connectivity index (χ1n) is 5.35. The van der Waals surface area contributed by atoms with Gasteiger partial charge in [0, 0.05) is 19.3 Å². The van der Waals surface area contributed by atoms with Gasteiger partial charge in [-0.3, -0.25) is 5.41 Å². The van der Waals surface area contributed by atoms with Crippen molar-refractivity contribution in [3.63, 3.8) is 0 Å². The van der Waals surface area contributed by atoms with Gasteiger partial charge >= 0.3 is 6.18 Å². The van der Waals surface area contributed by atoms with Crippen molar-refractivity contribution in [2.45, 2.75) is 12.6 Å². The lowest BCUT2D eigenvalue weighted by atomic mass is 10.1. The van der Waals surface area contributed by atoms with Crippen LogP contribution < -0.4 is 10.6 Å². The molecule has 2 heterocycles. The number of halogens is 3. The summed E-state index contributed by atoms with van der Waals surface area (Å²) in [6.07, 6.45) is -1.59. The summed E-state index contributed by atoms with van der Waals surface area (Å²) in [6, 6.07) is 0. The van der Waals surface area contributed by atoms with E-state index in [1.165, 1.54) is 17.4 Å². The third kappa shape index (κ3) is 2.36. The Morgan fingerprint density at radius 3 is 2.78 bits per heavy atom. The monoisotopic (exact) mass is 259 g/mol. The molecule has 1 aromatic heterocycles. The van der Waals surface area contributed by atoms with E-state index in [1.54, 1.807) is 0 Å². The van der Waals surface area contributed by atoms with Crippen LogP contribution in [0.25, 0.3) is 0 Å².